The van der Waals surface area contributed by atoms with Crippen molar-refractivity contribution in [3.63, 3.8) is 0 Å². The number of unbranched alkanes of at least 4 members (excludes halogenated alkanes) is 22. The predicted octanol–water partition coefficient (Wildman–Crippen LogP) is 11.0. The lowest BCUT2D eigenvalue weighted by atomic mass is 10.1. The average molecular weight is 775 g/mol. The number of allylic oxidation sites excluding steroid dienone is 5. The quantitative estimate of drug-likeness (QED) is 0.0276. The lowest BCUT2D eigenvalue weighted by molar-refractivity contribution is -0.147. The number of carboxylic acid groups (broad SMARTS) is 1. The Hall–Kier alpha value is -2.94. The number of carboxylic acids is 1. The Labute approximate surface area is 336 Å². The molecule has 0 aromatic carbocycles. The molecule has 0 spiro atoms. The zero-order chi connectivity index (χ0) is 40.5. The van der Waals surface area contributed by atoms with E-state index in [2.05, 4.69) is 60.9 Å². The van der Waals surface area contributed by atoms with Crippen LogP contribution in [0.4, 0.5) is 0 Å². The fourth-order valence-corrected chi connectivity index (χ4v) is 6.36. The Bertz CT molecular complexity index is 1030. The lowest BCUT2D eigenvalue weighted by Gasteiger charge is -2.15. The van der Waals surface area contributed by atoms with Gasteiger partial charge in [-0.1, -0.05) is 153 Å². The Morgan fingerprint density at radius 3 is 1.60 bits per heavy atom. The lowest BCUT2D eigenvalue weighted by Crippen LogP contribution is -2.47. The second kappa shape index (κ2) is 40.7. The molecule has 0 aliphatic heterocycles. The molecule has 0 radical (unpaired) electrons. The molecular weight excluding hydrogens is 693 g/mol. The van der Waals surface area contributed by atoms with Gasteiger partial charge in [-0.2, -0.15) is 0 Å². The molecule has 2 atom stereocenters. The van der Waals surface area contributed by atoms with Crippen molar-refractivity contribution < 1.29 is 34.1 Å². The van der Waals surface area contributed by atoms with Crippen molar-refractivity contribution in [1.29, 1.82) is 0 Å². The standard InChI is InChI=1S/C46H82N2O7/c1-3-5-7-9-11-13-14-15-16-17-18-19-20-21-22-24-30-34-38-45(52)55-41(35-31-27-23-12-10-8-6-4-2)36-32-28-25-26-29-33-37-43(50)47-39-44(51)48-42(40-49)46(53)54/h12,16-17,23,31,35,41-42,49H,3-11,13-15,18-22,24-30,32-34,36-40H2,1-2H3,(H,47,50)(H,48,51)(H,53,54)/b17-16-,23-12-,35-31-. The number of aliphatic hydroxyl groups excluding tert-OH is 1. The van der Waals surface area contributed by atoms with E-state index < -0.39 is 24.5 Å². The van der Waals surface area contributed by atoms with E-state index in [9.17, 15) is 19.2 Å². The Morgan fingerprint density at radius 2 is 1.04 bits per heavy atom. The van der Waals surface area contributed by atoms with Crippen LogP contribution >= 0.6 is 0 Å². The number of esters is 1. The highest BCUT2D eigenvalue weighted by atomic mass is 16.5. The summed E-state index contributed by atoms with van der Waals surface area (Å²) in [5.74, 6) is -2.35. The number of ether oxygens (including phenoxy) is 1. The van der Waals surface area contributed by atoms with Crippen LogP contribution < -0.4 is 10.6 Å². The molecule has 9 nitrogen and oxygen atoms in total. The molecule has 0 aliphatic rings. The Morgan fingerprint density at radius 1 is 0.564 bits per heavy atom. The van der Waals surface area contributed by atoms with E-state index in [-0.39, 0.29) is 24.5 Å². The summed E-state index contributed by atoms with van der Waals surface area (Å²) < 4.78 is 5.92. The van der Waals surface area contributed by atoms with Crippen LogP contribution in [0, 0.1) is 0 Å². The summed E-state index contributed by atoms with van der Waals surface area (Å²) in [6.45, 7) is 3.44. The SMILES string of the molecule is CCCCC/C=C\C/C=C\C(CCCCCCCCC(=O)NCC(=O)NC(CO)C(=O)O)OC(=O)CCCCCCCCC/C=C\CCCCCCCCC. The third-order valence-corrected chi connectivity index (χ3v) is 9.84. The maximum Gasteiger partial charge on any atom is 0.328 e. The molecule has 0 saturated heterocycles. The number of rotatable bonds is 40. The number of carbonyl (C=O) groups excluding carboxylic acids is 3. The van der Waals surface area contributed by atoms with Gasteiger partial charge in [-0.15, -0.1) is 0 Å². The van der Waals surface area contributed by atoms with Crippen molar-refractivity contribution in [1.82, 2.24) is 10.6 Å². The molecule has 0 fully saturated rings. The topological polar surface area (TPSA) is 142 Å². The zero-order valence-electron chi connectivity index (χ0n) is 35.2. The molecule has 0 heterocycles. The third kappa shape index (κ3) is 37.7. The summed E-state index contributed by atoms with van der Waals surface area (Å²) in [7, 11) is 0. The fraction of sp³-hybridized carbons (Fsp3) is 0.783. The van der Waals surface area contributed by atoms with Crippen LogP contribution in [0.15, 0.2) is 36.5 Å². The Kier molecular flexibility index (Phi) is 38.5. The number of aliphatic hydroxyl groups is 1. The van der Waals surface area contributed by atoms with Gasteiger partial charge >= 0.3 is 11.9 Å². The van der Waals surface area contributed by atoms with Crippen molar-refractivity contribution >= 4 is 23.8 Å². The maximum absolute atomic E-state index is 12.7. The molecular formula is C46H82N2O7. The first kappa shape index (κ1) is 52.1. The normalized spacial score (nSPS) is 12.8. The molecule has 0 bridgehead atoms. The van der Waals surface area contributed by atoms with Gasteiger partial charge < -0.3 is 25.6 Å². The van der Waals surface area contributed by atoms with E-state index in [0.717, 1.165) is 64.2 Å². The first-order valence-corrected chi connectivity index (χ1v) is 22.4. The van der Waals surface area contributed by atoms with Crippen molar-refractivity contribution in [2.24, 2.45) is 0 Å². The summed E-state index contributed by atoms with van der Waals surface area (Å²) in [6, 6.07) is -1.38. The van der Waals surface area contributed by atoms with Gasteiger partial charge in [0.1, 0.15) is 12.1 Å². The van der Waals surface area contributed by atoms with Gasteiger partial charge in [-0.05, 0) is 76.7 Å². The second-order valence-corrected chi connectivity index (χ2v) is 15.1. The average Bonchev–Trinajstić information content (AvgIpc) is 3.17. The van der Waals surface area contributed by atoms with Gasteiger partial charge in [0.05, 0.1) is 13.2 Å². The number of aliphatic carboxylic acids is 1. The first-order chi connectivity index (χ1) is 26.8. The number of amides is 2. The van der Waals surface area contributed by atoms with Crippen LogP contribution in [0.25, 0.3) is 0 Å². The number of nitrogens with one attached hydrogen (secondary N) is 2. The summed E-state index contributed by atoms with van der Waals surface area (Å²) in [4.78, 5) is 47.4. The molecule has 9 heteroatoms. The summed E-state index contributed by atoms with van der Waals surface area (Å²) in [5.41, 5.74) is 0. The Balaban J connectivity index is 4.20. The van der Waals surface area contributed by atoms with E-state index in [1.165, 1.54) is 109 Å². The highest BCUT2D eigenvalue weighted by Crippen LogP contribution is 2.16. The summed E-state index contributed by atoms with van der Waals surface area (Å²) >= 11 is 0. The molecule has 0 aromatic heterocycles. The zero-order valence-corrected chi connectivity index (χ0v) is 35.2. The van der Waals surface area contributed by atoms with Gasteiger partial charge in [0, 0.05) is 12.8 Å². The minimum absolute atomic E-state index is 0.0982. The highest BCUT2D eigenvalue weighted by Gasteiger charge is 2.18. The van der Waals surface area contributed by atoms with E-state index >= 15 is 0 Å². The molecule has 2 unspecified atom stereocenters. The maximum atomic E-state index is 12.7. The molecule has 55 heavy (non-hydrogen) atoms. The molecule has 318 valence electrons. The number of hydrogen-bond acceptors (Lipinski definition) is 6. The van der Waals surface area contributed by atoms with Crippen LogP contribution in [-0.2, 0) is 23.9 Å². The largest absolute Gasteiger partial charge is 0.480 e. The van der Waals surface area contributed by atoms with Crippen molar-refractivity contribution in [2.75, 3.05) is 13.2 Å². The van der Waals surface area contributed by atoms with Gasteiger partial charge in [0.15, 0.2) is 0 Å². The third-order valence-electron chi connectivity index (χ3n) is 9.84. The molecule has 0 aliphatic carbocycles. The summed E-state index contributed by atoms with van der Waals surface area (Å²) in [5, 5.41) is 22.5. The minimum Gasteiger partial charge on any atom is -0.480 e. The van der Waals surface area contributed by atoms with Gasteiger partial charge in [-0.25, -0.2) is 4.79 Å². The molecule has 4 N–H and O–H groups in total. The fourth-order valence-electron chi connectivity index (χ4n) is 6.36. The predicted molar refractivity (Wildman–Crippen MR) is 227 cm³/mol. The van der Waals surface area contributed by atoms with Gasteiger partial charge in [0.25, 0.3) is 0 Å². The number of carbonyl (C=O) groups is 4. The van der Waals surface area contributed by atoms with Crippen LogP contribution in [0.5, 0.6) is 0 Å². The van der Waals surface area contributed by atoms with Crippen molar-refractivity contribution in [3.05, 3.63) is 36.5 Å². The van der Waals surface area contributed by atoms with Crippen LogP contribution in [0.3, 0.4) is 0 Å². The van der Waals surface area contributed by atoms with Crippen LogP contribution in [0.2, 0.25) is 0 Å². The number of hydrogen-bond donors (Lipinski definition) is 4. The van der Waals surface area contributed by atoms with E-state index in [4.69, 9.17) is 14.9 Å². The second-order valence-electron chi connectivity index (χ2n) is 15.1. The summed E-state index contributed by atoms with van der Waals surface area (Å²) in [6.07, 6.45) is 46.3. The minimum atomic E-state index is -1.38. The molecule has 2 amide bonds. The molecule has 0 saturated carbocycles. The highest BCUT2D eigenvalue weighted by molar-refractivity contribution is 5.87. The van der Waals surface area contributed by atoms with Crippen molar-refractivity contribution in [3.8, 4) is 0 Å². The molecule has 0 rings (SSSR count). The van der Waals surface area contributed by atoms with Crippen molar-refractivity contribution in [2.45, 2.75) is 219 Å². The van der Waals surface area contributed by atoms with E-state index in [1.807, 2.05) is 0 Å². The molecule has 0 aromatic rings. The van der Waals surface area contributed by atoms with E-state index in [1.54, 1.807) is 0 Å². The van der Waals surface area contributed by atoms with Gasteiger partial charge in [-0.3, -0.25) is 14.4 Å². The monoisotopic (exact) mass is 775 g/mol. The first-order valence-electron chi connectivity index (χ1n) is 22.4. The van der Waals surface area contributed by atoms with Crippen LogP contribution in [-0.4, -0.2) is 59.3 Å². The van der Waals surface area contributed by atoms with Gasteiger partial charge in [0.2, 0.25) is 11.8 Å². The smallest absolute Gasteiger partial charge is 0.328 e. The van der Waals surface area contributed by atoms with E-state index in [0.29, 0.717) is 19.3 Å². The van der Waals surface area contributed by atoms with Crippen LogP contribution in [0.1, 0.15) is 206 Å².